The first-order valence-corrected chi connectivity index (χ1v) is 7.40. The summed E-state index contributed by atoms with van der Waals surface area (Å²) in [6, 6.07) is 12.7. The average molecular weight is 351 g/mol. The molecule has 0 aliphatic heterocycles. The van der Waals surface area contributed by atoms with Gasteiger partial charge in [0.15, 0.2) is 11.5 Å². The molecule has 2 aromatic rings. The number of halogens is 1. The van der Waals surface area contributed by atoms with Gasteiger partial charge >= 0.3 is 0 Å². The SMILES string of the molecule is COc1ccc(C(C)NC(=O)c2ccc(CN)cc2)cc1OC.Cl. The van der Waals surface area contributed by atoms with Gasteiger partial charge in [-0.05, 0) is 42.3 Å². The van der Waals surface area contributed by atoms with Gasteiger partial charge in [0.1, 0.15) is 0 Å². The zero-order valence-corrected chi connectivity index (χ0v) is 14.9. The van der Waals surface area contributed by atoms with Crippen molar-refractivity contribution in [3.63, 3.8) is 0 Å². The van der Waals surface area contributed by atoms with E-state index in [0.717, 1.165) is 11.1 Å². The highest BCUT2D eigenvalue weighted by atomic mass is 35.5. The van der Waals surface area contributed by atoms with Gasteiger partial charge in [0, 0.05) is 12.1 Å². The molecule has 2 aromatic carbocycles. The van der Waals surface area contributed by atoms with E-state index in [1.165, 1.54) is 0 Å². The maximum absolute atomic E-state index is 12.3. The van der Waals surface area contributed by atoms with Gasteiger partial charge in [0.2, 0.25) is 0 Å². The summed E-state index contributed by atoms with van der Waals surface area (Å²) in [7, 11) is 3.18. The fraction of sp³-hybridized carbons (Fsp3) is 0.278. The third-order valence-corrected chi connectivity index (χ3v) is 3.71. The van der Waals surface area contributed by atoms with Crippen LogP contribution >= 0.6 is 12.4 Å². The summed E-state index contributed by atoms with van der Waals surface area (Å²) in [5.74, 6) is 1.17. The van der Waals surface area contributed by atoms with E-state index in [2.05, 4.69) is 5.32 Å². The van der Waals surface area contributed by atoms with Crippen molar-refractivity contribution >= 4 is 18.3 Å². The molecular formula is C18H23ClN2O3. The minimum Gasteiger partial charge on any atom is -0.493 e. The fourth-order valence-corrected chi connectivity index (χ4v) is 2.28. The fourth-order valence-electron chi connectivity index (χ4n) is 2.28. The highest BCUT2D eigenvalue weighted by Gasteiger charge is 2.13. The molecule has 130 valence electrons. The molecule has 1 unspecified atom stereocenters. The highest BCUT2D eigenvalue weighted by molar-refractivity contribution is 5.94. The lowest BCUT2D eigenvalue weighted by molar-refractivity contribution is 0.0940. The summed E-state index contributed by atoms with van der Waals surface area (Å²) in [5.41, 5.74) is 8.10. The normalized spacial score (nSPS) is 11.2. The zero-order chi connectivity index (χ0) is 16.8. The van der Waals surface area contributed by atoms with E-state index in [0.29, 0.717) is 23.6 Å². The van der Waals surface area contributed by atoms with E-state index in [-0.39, 0.29) is 24.4 Å². The van der Waals surface area contributed by atoms with Crippen LogP contribution in [0.1, 0.15) is 34.5 Å². The van der Waals surface area contributed by atoms with Gasteiger partial charge in [-0.2, -0.15) is 0 Å². The highest BCUT2D eigenvalue weighted by Crippen LogP contribution is 2.29. The molecule has 5 nitrogen and oxygen atoms in total. The summed E-state index contributed by atoms with van der Waals surface area (Å²) >= 11 is 0. The smallest absolute Gasteiger partial charge is 0.251 e. The third-order valence-electron chi connectivity index (χ3n) is 3.71. The number of hydrogen-bond donors (Lipinski definition) is 2. The van der Waals surface area contributed by atoms with Crippen LogP contribution in [0.3, 0.4) is 0 Å². The predicted octanol–water partition coefficient (Wildman–Crippen LogP) is 3.08. The molecule has 1 atom stereocenters. The second-order valence-corrected chi connectivity index (χ2v) is 5.21. The molecule has 0 radical (unpaired) electrons. The van der Waals surface area contributed by atoms with Gasteiger partial charge in [-0.3, -0.25) is 4.79 Å². The number of ether oxygens (including phenoxy) is 2. The van der Waals surface area contributed by atoms with E-state index >= 15 is 0 Å². The Morgan fingerprint density at radius 3 is 2.25 bits per heavy atom. The first-order chi connectivity index (χ1) is 11.1. The first kappa shape index (κ1) is 19.8. The minimum atomic E-state index is -0.156. The molecule has 0 bridgehead atoms. The number of hydrogen-bond acceptors (Lipinski definition) is 4. The molecule has 3 N–H and O–H groups in total. The molecule has 0 heterocycles. The van der Waals surface area contributed by atoms with Crippen LogP contribution in [0.25, 0.3) is 0 Å². The summed E-state index contributed by atoms with van der Waals surface area (Å²) in [4.78, 5) is 12.3. The quantitative estimate of drug-likeness (QED) is 0.839. The summed E-state index contributed by atoms with van der Waals surface area (Å²) < 4.78 is 10.5. The van der Waals surface area contributed by atoms with E-state index in [4.69, 9.17) is 15.2 Å². The van der Waals surface area contributed by atoms with Crippen molar-refractivity contribution in [3.8, 4) is 11.5 Å². The van der Waals surface area contributed by atoms with Crippen molar-refractivity contribution in [2.45, 2.75) is 19.5 Å². The summed E-state index contributed by atoms with van der Waals surface area (Å²) in [6.07, 6.45) is 0. The van der Waals surface area contributed by atoms with Gasteiger partial charge in [-0.1, -0.05) is 18.2 Å². The van der Waals surface area contributed by atoms with Crippen LogP contribution in [0, 0.1) is 0 Å². The lowest BCUT2D eigenvalue weighted by atomic mass is 10.1. The van der Waals surface area contributed by atoms with Gasteiger partial charge in [0.25, 0.3) is 5.91 Å². The van der Waals surface area contributed by atoms with E-state index in [1.807, 2.05) is 37.3 Å². The Balaban J connectivity index is 0.00000288. The molecule has 0 fully saturated rings. The molecule has 2 rings (SSSR count). The van der Waals surface area contributed by atoms with E-state index < -0.39 is 0 Å². The maximum Gasteiger partial charge on any atom is 0.251 e. The van der Waals surface area contributed by atoms with Crippen LogP contribution in [-0.4, -0.2) is 20.1 Å². The summed E-state index contributed by atoms with van der Waals surface area (Å²) in [5, 5.41) is 2.97. The van der Waals surface area contributed by atoms with Crippen LogP contribution in [0.4, 0.5) is 0 Å². The first-order valence-electron chi connectivity index (χ1n) is 7.40. The van der Waals surface area contributed by atoms with Crippen molar-refractivity contribution in [3.05, 3.63) is 59.2 Å². The molecule has 0 spiro atoms. The number of amides is 1. The van der Waals surface area contributed by atoms with Crippen molar-refractivity contribution in [1.29, 1.82) is 0 Å². The molecular weight excluding hydrogens is 328 g/mol. The molecule has 0 saturated heterocycles. The van der Waals surface area contributed by atoms with Crippen molar-refractivity contribution < 1.29 is 14.3 Å². The molecule has 1 amide bonds. The van der Waals surface area contributed by atoms with Crippen molar-refractivity contribution in [2.24, 2.45) is 5.73 Å². The number of rotatable bonds is 6. The van der Waals surface area contributed by atoms with Gasteiger partial charge in [0.05, 0.1) is 20.3 Å². The van der Waals surface area contributed by atoms with Gasteiger partial charge in [-0.15, -0.1) is 12.4 Å². The number of carbonyl (C=O) groups is 1. The Hall–Kier alpha value is -2.24. The Morgan fingerprint density at radius 1 is 1.08 bits per heavy atom. The Bertz CT molecular complexity index is 674. The number of methoxy groups -OCH3 is 2. The van der Waals surface area contributed by atoms with Crippen LogP contribution in [0.2, 0.25) is 0 Å². The standard InChI is InChI=1S/C18H22N2O3.ClH/c1-12(15-8-9-16(22-2)17(10-15)23-3)20-18(21)14-6-4-13(11-19)5-7-14;/h4-10,12H,11,19H2,1-3H3,(H,20,21);1H. The lowest BCUT2D eigenvalue weighted by Gasteiger charge is -2.16. The Morgan fingerprint density at radius 2 is 1.71 bits per heavy atom. The van der Waals surface area contributed by atoms with Crippen LogP contribution in [0.15, 0.2) is 42.5 Å². The number of nitrogens with one attached hydrogen (secondary N) is 1. The Labute approximate surface area is 148 Å². The van der Waals surface area contributed by atoms with E-state index in [9.17, 15) is 4.79 Å². The molecule has 0 aromatic heterocycles. The van der Waals surface area contributed by atoms with Gasteiger partial charge < -0.3 is 20.5 Å². The molecule has 6 heteroatoms. The van der Waals surface area contributed by atoms with Crippen LogP contribution < -0.4 is 20.5 Å². The largest absolute Gasteiger partial charge is 0.493 e. The number of carbonyl (C=O) groups excluding carboxylic acids is 1. The maximum atomic E-state index is 12.3. The molecule has 24 heavy (non-hydrogen) atoms. The topological polar surface area (TPSA) is 73.6 Å². The lowest BCUT2D eigenvalue weighted by Crippen LogP contribution is -2.26. The second-order valence-electron chi connectivity index (χ2n) is 5.21. The number of benzene rings is 2. The average Bonchev–Trinajstić information content (AvgIpc) is 2.60. The predicted molar refractivity (Wildman–Crippen MR) is 97.0 cm³/mol. The summed E-state index contributed by atoms with van der Waals surface area (Å²) in [6.45, 7) is 2.39. The van der Waals surface area contributed by atoms with E-state index in [1.54, 1.807) is 26.4 Å². The monoisotopic (exact) mass is 350 g/mol. The Kier molecular flexibility index (Phi) is 7.55. The second kappa shape index (κ2) is 9.15. The molecule has 0 saturated carbocycles. The van der Waals surface area contributed by atoms with Crippen LogP contribution in [-0.2, 0) is 6.54 Å². The van der Waals surface area contributed by atoms with Gasteiger partial charge in [-0.25, -0.2) is 0 Å². The van der Waals surface area contributed by atoms with Crippen molar-refractivity contribution in [1.82, 2.24) is 5.32 Å². The van der Waals surface area contributed by atoms with Crippen molar-refractivity contribution in [2.75, 3.05) is 14.2 Å². The molecule has 0 aliphatic rings. The number of nitrogens with two attached hydrogens (primary N) is 1. The minimum absolute atomic E-state index is 0. The zero-order valence-electron chi connectivity index (χ0n) is 14.0. The third kappa shape index (κ3) is 4.63. The van der Waals surface area contributed by atoms with Crippen LogP contribution in [0.5, 0.6) is 11.5 Å². The molecule has 0 aliphatic carbocycles.